The lowest BCUT2D eigenvalue weighted by atomic mass is 10.0. The molecule has 0 saturated carbocycles. The largest absolute Gasteiger partial charge is 0.334 e. The molecule has 4 heteroatoms. The molecule has 1 amide bonds. The number of amides is 1. The van der Waals surface area contributed by atoms with E-state index in [-0.39, 0.29) is 17.8 Å². The molecule has 1 fully saturated rings. The van der Waals surface area contributed by atoms with Crippen molar-refractivity contribution in [1.29, 1.82) is 0 Å². The van der Waals surface area contributed by atoms with Gasteiger partial charge in [-0.15, -0.1) is 0 Å². The van der Waals surface area contributed by atoms with E-state index in [1.165, 1.54) is 12.1 Å². The second-order valence-electron chi connectivity index (χ2n) is 4.53. The van der Waals surface area contributed by atoms with E-state index in [2.05, 4.69) is 0 Å². The van der Waals surface area contributed by atoms with Gasteiger partial charge in [-0.2, -0.15) is 0 Å². The number of benzene rings is 1. The first-order chi connectivity index (χ1) is 8.09. The van der Waals surface area contributed by atoms with Crippen LogP contribution in [-0.4, -0.2) is 23.4 Å². The van der Waals surface area contributed by atoms with Crippen LogP contribution in [0, 0.1) is 5.82 Å². The summed E-state index contributed by atoms with van der Waals surface area (Å²) in [5.41, 5.74) is 6.48. The molecule has 2 rings (SSSR count). The zero-order valence-electron chi connectivity index (χ0n) is 9.90. The van der Waals surface area contributed by atoms with Crippen molar-refractivity contribution < 1.29 is 9.18 Å². The number of rotatable bonds is 2. The van der Waals surface area contributed by atoms with E-state index in [4.69, 9.17) is 5.73 Å². The highest BCUT2D eigenvalue weighted by Crippen LogP contribution is 2.32. The van der Waals surface area contributed by atoms with Crippen LogP contribution in [0.5, 0.6) is 0 Å². The van der Waals surface area contributed by atoms with Crippen LogP contribution in [0.4, 0.5) is 4.39 Å². The van der Waals surface area contributed by atoms with Crippen molar-refractivity contribution in [2.45, 2.75) is 31.8 Å². The highest BCUT2D eigenvalue weighted by Gasteiger charge is 2.31. The topological polar surface area (TPSA) is 46.3 Å². The van der Waals surface area contributed by atoms with Crippen molar-refractivity contribution in [2.24, 2.45) is 5.73 Å². The molecule has 0 aliphatic carbocycles. The maximum absolute atomic E-state index is 13.2. The highest BCUT2D eigenvalue weighted by atomic mass is 19.1. The lowest BCUT2D eigenvalue weighted by Gasteiger charge is -2.26. The number of hydrogen-bond acceptors (Lipinski definition) is 2. The second kappa shape index (κ2) is 4.84. The predicted molar refractivity (Wildman–Crippen MR) is 63.7 cm³/mol. The van der Waals surface area contributed by atoms with Crippen molar-refractivity contribution >= 4 is 5.91 Å². The smallest absolute Gasteiger partial charge is 0.239 e. The van der Waals surface area contributed by atoms with Crippen LogP contribution in [0.3, 0.4) is 0 Å². The van der Waals surface area contributed by atoms with Crippen molar-refractivity contribution in [1.82, 2.24) is 4.90 Å². The van der Waals surface area contributed by atoms with Crippen LogP contribution in [0.15, 0.2) is 24.3 Å². The van der Waals surface area contributed by atoms with Gasteiger partial charge in [-0.05, 0) is 37.5 Å². The molecule has 0 spiro atoms. The van der Waals surface area contributed by atoms with Crippen LogP contribution in [0.25, 0.3) is 0 Å². The second-order valence-corrected chi connectivity index (χ2v) is 4.53. The molecule has 0 aromatic heterocycles. The Kier molecular flexibility index (Phi) is 3.43. The van der Waals surface area contributed by atoms with E-state index in [9.17, 15) is 9.18 Å². The van der Waals surface area contributed by atoms with Gasteiger partial charge in [-0.1, -0.05) is 12.1 Å². The minimum absolute atomic E-state index is 0.0239. The van der Waals surface area contributed by atoms with Gasteiger partial charge >= 0.3 is 0 Å². The molecule has 1 aliphatic heterocycles. The number of hydrogen-bond donors (Lipinski definition) is 1. The van der Waals surface area contributed by atoms with E-state index >= 15 is 0 Å². The molecule has 1 aromatic rings. The Balaban J connectivity index is 2.23. The van der Waals surface area contributed by atoms with E-state index in [1.54, 1.807) is 17.9 Å². The van der Waals surface area contributed by atoms with E-state index < -0.39 is 6.04 Å². The summed E-state index contributed by atoms with van der Waals surface area (Å²) in [4.78, 5) is 13.7. The average Bonchev–Trinajstić information content (AvgIpc) is 2.76. The van der Waals surface area contributed by atoms with Gasteiger partial charge in [0.05, 0.1) is 12.1 Å². The quantitative estimate of drug-likeness (QED) is 0.851. The first-order valence-corrected chi connectivity index (χ1v) is 5.91. The molecule has 17 heavy (non-hydrogen) atoms. The summed E-state index contributed by atoms with van der Waals surface area (Å²) in [5, 5.41) is 0. The lowest BCUT2D eigenvalue weighted by molar-refractivity contribution is -0.133. The fourth-order valence-electron chi connectivity index (χ4n) is 2.35. The molecular formula is C13H17FN2O. The van der Waals surface area contributed by atoms with Crippen molar-refractivity contribution in [2.75, 3.05) is 6.54 Å². The molecule has 92 valence electrons. The van der Waals surface area contributed by atoms with Gasteiger partial charge in [-0.25, -0.2) is 4.39 Å². The van der Waals surface area contributed by atoms with Crippen molar-refractivity contribution in [3.63, 3.8) is 0 Å². The number of carbonyl (C=O) groups is 1. The third-order valence-corrected chi connectivity index (χ3v) is 3.16. The summed E-state index contributed by atoms with van der Waals surface area (Å²) in [6, 6.07) is 5.93. The van der Waals surface area contributed by atoms with Gasteiger partial charge in [0.1, 0.15) is 5.82 Å². The third-order valence-electron chi connectivity index (χ3n) is 3.16. The van der Waals surface area contributed by atoms with E-state index in [0.717, 1.165) is 18.4 Å². The molecule has 0 radical (unpaired) electrons. The fraction of sp³-hybridized carbons (Fsp3) is 0.462. The van der Waals surface area contributed by atoms with E-state index in [0.29, 0.717) is 6.54 Å². The third kappa shape index (κ3) is 2.47. The maximum atomic E-state index is 13.2. The van der Waals surface area contributed by atoms with Crippen molar-refractivity contribution in [3.8, 4) is 0 Å². The average molecular weight is 236 g/mol. The van der Waals surface area contributed by atoms with Gasteiger partial charge in [0.2, 0.25) is 5.91 Å². The molecule has 3 nitrogen and oxygen atoms in total. The summed E-state index contributed by atoms with van der Waals surface area (Å²) >= 11 is 0. The molecule has 1 unspecified atom stereocenters. The Morgan fingerprint density at radius 3 is 3.00 bits per heavy atom. The summed E-state index contributed by atoms with van der Waals surface area (Å²) in [6.07, 6.45) is 1.82. The summed E-state index contributed by atoms with van der Waals surface area (Å²) < 4.78 is 13.2. The van der Waals surface area contributed by atoms with Gasteiger partial charge in [0.25, 0.3) is 0 Å². The fourth-order valence-corrected chi connectivity index (χ4v) is 2.35. The molecule has 1 aromatic carbocycles. The highest BCUT2D eigenvalue weighted by molar-refractivity contribution is 5.81. The minimum Gasteiger partial charge on any atom is -0.334 e. The summed E-state index contributed by atoms with van der Waals surface area (Å²) in [6.45, 7) is 2.39. The molecular weight excluding hydrogens is 219 g/mol. The van der Waals surface area contributed by atoms with Crippen molar-refractivity contribution in [3.05, 3.63) is 35.6 Å². The molecule has 0 bridgehead atoms. The Hall–Kier alpha value is -1.42. The standard InChI is InChI=1S/C13H17FN2O/c1-9(15)13(17)16-7-3-6-12(16)10-4-2-5-11(14)8-10/h2,4-5,8-9,12H,3,6-7,15H2,1H3/t9-,12?/m1/s1. The number of nitrogens with zero attached hydrogens (tertiary/aromatic N) is 1. The van der Waals surface area contributed by atoms with Crippen LogP contribution in [-0.2, 0) is 4.79 Å². The first kappa shape index (κ1) is 12.0. The Bertz CT molecular complexity index is 420. The van der Waals surface area contributed by atoms with Crippen LogP contribution >= 0.6 is 0 Å². The summed E-state index contributed by atoms with van der Waals surface area (Å²) in [7, 11) is 0. The van der Waals surface area contributed by atoms with Gasteiger partial charge < -0.3 is 10.6 Å². The zero-order chi connectivity index (χ0) is 12.4. The number of nitrogens with two attached hydrogens (primary N) is 1. The van der Waals surface area contributed by atoms with Crippen LogP contribution in [0.1, 0.15) is 31.4 Å². The molecule has 2 atom stereocenters. The zero-order valence-corrected chi connectivity index (χ0v) is 9.90. The monoisotopic (exact) mass is 236 g/mol. The van der Waals surface area contributed by atoms with E-state index in [1.807, 2.05) is 6.07 Å². The van der Waals surface area contributed by atoms with Gasteiger partial charge in [0.15, 0.2) is 0 Å². The predicted octanol–water partition coefficient (Wildman–Crippen LogP) is 1.84. The Labute approximate surface area is 100 Å². The number of likely N-dealkylation sites (tertiary alicyclic amines) is 1. The normalized spacial score (nSPS) is 21.6. The van der Waals surface area contributed by atoms with Gasteiger partial charge in [-0.3, -0.25) is 4.79 Å². The molecule has 1 aliphatic rings. The van der Waals surface area contributed by atoms with Crippen LogP contribution < -0.4 is 5.73 Å². The Morgan fingerprint density at radius 2 is 2.35 bits per heavy atom. The lowest BCUT2D eigenvalue weighted by Crippen LogP contribution is -2.41. The van der Waals surface area contributed by atoms with Gasteiger partial charge in [0, 0.05) is 6.54 Å². The molecule has 2 N–H and O–H groups in total. The Morgan fingerprint density at radius 1 is 1.59 bits per heavy atom. The van der Waals surface area contributed by atoms with Crippen LogP contribution in [0.2, 0.25) is 0 Å². The maximum Gasteiger partial charge on any atom is 0.239 e. The number of halogens is 1. The summed E-state index contributed by atoms with van der Waals surface area (Å²) in [5.74, 6) is -0.320. The molecule has 1 heterocycles. The first-order valence-electron chi connectivity index (χ1n) is 5.91. The molecule has 1 saturated heterocycles. The minimum atomic E-state index is -0.496. The number of carbonyl (C=O) groups excluding carboxylic acids is 1. The SMILES string of the molecule is C[C@@H](N)C(=O)N1CCCC1c1cccc(F)c1.